The zero-order chi connectivity index (χ0) is 13.9. The summed E-state index contributed by atoms with van der Waals surface area (Å²) in [6, 6.07) is 2.79. The molecule has 19 heavy (non-hydrogen) atoms. The first kappa shape index (κ1) is 14.8. The summed E-state index contributed by atoms with van der Waals surface area (Å²) in [5.41, 5.74) is -0.424. The molecule has 0 amide bonds. The predicted molar refractivity (Wildman–Crippen MR) is 77.9 cm³/mol. The van der Waals surface area contributed by atoms with E-state index < -0.39 is 5.54 Å². The van der Waals surface area contributed by atoms with E-state index in [1.807, 2.05) is 6.92 Å². The van der Waals surface area contributed by atoms with Gasteiger partial charge in [0.15, 0.2) is 0 Å². The Balaban J connectivity index is 1.75. The third-order valence-electron chi connectivity index (χ3n) is 4.07. The molecule has 4 heteroatoms. The first-order valence-electron chi connectivity index (χ1n) is 7.64. The summed E-state index contributed by atoms with van der Waals surface area (Å²) in [5, 5.41) is 12.8. The van der Waals surface area contributed by atoms with Gasteiger partial charge in [-0.05, 0) is 39.5 Å². The normalized spacial score (nSPS) is 25.2. The minimum atomic E-state index is -0.424. The van der Waals surface area contributed by atoms with Gasteiger partial charge in [0.05, 0.1) is 6.07 Å². The highest BCUT2D eigenvalue weighted by Gasteiger charge is 2.30. The lowest BCUT2D eigenvalue weighted by molar-refractivity contribution is 0.110. The van der Waals surface area contributed by atoms with E-state index in [2.05, 4.69) is 35.0 Å². The highest BCUT2D eigenvalue weighted by atomic mass is 15.3. The van der Waals surface area contributed by atoms with Crippen LogP contribution in [0, 0.1) is 17.2 Å². The van der Waals surface area contributed by atoms with Gasteiger partial charge in [0.1, 0.15) is 5.54 Å². The second kappa shape index (κ2) is 6.21. The molecule has 0 aromatic rings. The van der Waals surface area contributed by atoms with Crippen molar-refractivity contribution < 1.29 is 0 Å². The fraction of sp³-hybridized carbons (Fsp3) is 0.933. The molecule has 0 bridgehead atoms. The third kappa shape index (κ3) is 4.76. The SMILES string of the molecule is CC(C)NC(C)(C#N)CN1CCN(CC2CC2)CC1. The molecule has 1 saturated heterocycles. The number of hydrogen-bond acceptors (Lipinski definition) is 4. The standard InChI is InChI=1S/C15H28N4/c1-13(2)17-15(3,11-16)12-19-8-6-18(7-9-19)10-14-4-5-14/h13-14,17H,4-10,12H2,1-3H3. The fourth-order valence-corrected chi connectivity index (χ4v) is 2.99. The molecule has 1 atom stereocenters. The maximum atomic E-state index is 9.39. The monoisotopic (exact) mass is 264 g/mol. The van der Waals surface area contributed by atoms with Gasteiger partial charge in [0.25, 0.3) is 0 Å². The van der Waals surface area contributed by atoms with Gasteiger partial charge < -0.3 is 4.90 Å². The molecule has 1 heterocycles. The van der Waals surface area contributed by atoms with E-state index in [9.17, 15) is 5.26 Å². The van der Waals surface area contributed by atoms with E-state index in [-0.39, 0.29) is 0 Å². The zero-order valence-corrected chi connectivity index (χ0v) is 12.7. The molecule has 0 radical (unpaired) electrons. The van der Waals surface area contributed by atoms with Crippen LogP contribution in [0.3, 0.4) is 0 Å². The molecular weight excluding hydrogens is 236 g/mol. The maximum Gasteiger partial charge on any atom is 0.116 e. The summed E-state index contributed by atoms with van der Waals surface area (Å²) in [7, 11) is 0. The number of rotatable bonds is 6. The lowest BCUT2D eigenvalue weighted by atomic mass is 10.0. The highest BCUT2D eigenvalue weighted by molar-refractivity contribution is 5.06. The van der Waals surface area contributed by atoms with Crippen molar-refractivity contribution in [2.45, 2.75) is 45.2 Å². The molecule has 2 rings (SSSR count). The van der Waals surface area contributed by atoms with Crippen LogP contribution in [0.25, 0.3) is 0 Å². The fourth-order valence-electron chi connectivity index (χ4n) is 2.99. The lowest BCUT2D eigenvalue weighted by Gasteiger charge is -2.38. The van der Waals surface area contributed by atoms with Gasteiger partial charge in [-0.3, -0.25) is 10.2 Å². The molecule has 1 saturated carbocycles. The van der Waals surface area contributed by atoms with E-state index in [4.69, 9.17) is 0 Å². The summed E-state index contributed by atoms with van der Waals surface area (Å²) >= 11 is 0. The Kier molecular flexibility index (Phi) is 4.83. The molecule has 0 aromatic carbocycles. The van der Waals surface area contributed by atoms with Gasteiger partial charge in [-0.2, -0.15) is 5.26 Å². The Bertz CT molecular complexity index is 324. The van der Waals surface area contributed by atoms with Crippen molar-refractivity contribution in [3.63, 3.8) is 0 Å². The highest BCUT2D eigenvalue weighted by Crippen LogP contribution is 2.29. The average molecular weight is 264 g/mol. The summed E-state index contributed by atoms with van der Waals surface area (Å²) in [6.07, 6.45) is 2.87. The minimum Gasteiger partial charge on any atom is -0.301 e. The van der Waals surface area contributed by atoms with Crippen LogP contribution in [0.15, 0.2) is 0 Å². The Hall–Kier alpha value is -0.630. The lowest BCUT2D eigenvalue weighted by Crippen LogP contribution is -2.56. The molecule has 4 nitrogen and oxygen atoms in total. The van der Waals surface area contributed by atoms with Crippen LogP contribution in [-0.4, -0.2) is 60.6 Å². The largest absolute Gasteiger partial charge is 0.301 e. The van der Waals surface area contributed by atoms with Gasteiger partial charge >= 0.3 is 0 Å². The predicted octanol–water partition coefficient (Wildman–Crippen LogP) is 1.29. The van der Waals surface area contributed by atoms with Gasteiger partial charge in [0.2, 0.25) is 0 Å². The van der Waals surface area contributed by atoms with Crippen LogP contribution in [0.5, 0.6) is 0 Å². The molecule has 2 fully saturated rings. The smallest absolute Gasteiger partial charge is 0.116 e. The number of piperazine rings is 1. The van der Waals surface area contributed by atoms with Crippen LogP contribution in [0.2, 0.25) is 0 Å². The number of hydrogen-bond donors (Lipinski definition) is 1. The van der Waals surface area contributed by atoms with E-state index in [0.29, 0.717) is 6.04 Å². The van der Waals surface area contributed by atoms with Gasteiger partial charge in [-0.1, -0.05) is 0 Å². The van der Waals surface area contributed by atoms with Gasteiger partial charge in [-0.15, -0.1) is 0 Å². The molecule has 1 aliphatic heterocycles. The van der Waals surface area contributed by atoms with Crippen molar-refractivity contribution in [2.75, 3.05) is 39.3 Å². The van der Waals surface area contributed by atoms with Crippen molar-refractivity contribution in [1.82, 2.24) is 15.1 Å². The minimum absolute atomic E-state index is 0.348. The van der Waals surface area contributed by atoms with Crippen molar-refractivity contribution in [1.29, 1.82) is 5.26 Å². The van der Waals surface area contributed by atoms with E-state index >= 15 is 0 Å². The molecule has 0 spiro atoms. The molecule has 1 unspecified atom stereocenters. The Morgan fingerprint density at radius 2 is 1.79 bits per heavy atom. The first-order chi connectivity index (χ1) is 9.00. The van der Waals surface area contributed by atoms with Crippen LogP contribution in [0.4, 0.5) is 0 Å². The number of nitriles is 1. The number of nitrogens with zero attached hydrogens (tertiary/aromatic N) is 3. The molecule has 1 aliphatic carbocycles. The quantitative estimate of drug-likeness (QED) is 0.785. The van der Waals surface area contributed by atoms with Crippen molar-refractivity contribution in [2.24, 2.45) is 5.92 Å². The van der Waals surface area contributed by atoms with E-state index in [0.717, 1.165) is 25.6 Å². The second-order valence-electron chi connectivity index (χ2n) is 6.76. The first-order valence-corrected chi connectivity index (χ1v) is 7.64. The van der Waals surface area contributed by atoms with E-state index in [1.165, 1.54) is 32.5 Å². The summed E-state index contributed by atoms with van der Waals surface area (Å²) in [6.45, 7) is 12.9. The Morgan fingerprint density at radius 3 is 2.26 bits per heavy atom. The van der Waals surface area contributed by atoms with Crippen LogP contribution >= 0.6 is 0 Å². The summed E-state index contributed by atoms with van der Waals surface area (Å²) in [4.78, 5) is 5.02. The molecule has 2 aliphatic rings. The molecule has 108 valence electrons. The van der Waals surface area contributed by atoms with Crippen LogP contribution in [0.1, 0.15) is 33.6 Å². The Labute approximate surface area is 117 Å². The Morgan fingerprint density at radius 1 is 1.21 bits per heavy atom. The van der Waals surface area contributed by atoms with Crippen molar-refractivity contribution in [3.05, 3.63) is 0 Å². The summed E-state index contributed by atoms with van der Waals surface area (Å²) in [5.74, 6) is 0.985. The van der Waals surface area contributed by atoms with E-state index in [1.54, 1.807) is 0 Å². The average Bonchev–Trinajstić information content (AvgIpc) is 3.15. The molecule has 1 N–H and O–H groups in total. The number of nitrogens with one attached hydrogen (secondary N) is 1. The second-order valence-corrected chi connectivity index (χ2v) is 6.76. The van der Waals surface area contributed by atoms with Crippen molar-refractivity contribution >= 4 is 0 Å². The molecule has 0 aromatic heterocycles. The summed E-state index contributed by atoms with van der Waals surface area (Å²) < 4.78 is 0. The zero-order valence-electron chi connectivity index (χ0n) is 12.7. The maximum absolute atomic E-state index is 9.39. The van der Waals surface area contributed by atoms with Gasteiger partial charge in [0, 0.05) is 45.3 Å². The third-order valence-corrected chi connectivity index (χ3v) is 4.07. The van der Waals surface area contributed by atoms with Crippen LogP contribution < -0.4 is 5.32 Å². The topological polar surface area (TPSA) is 42.3 Å². The van der Waals surface area contributed by atoms with Gasteiger partial charge in [-0.25, -0.2) is 0 Å². The van der Waals surface area contributed by atoms with Crippen LogP contribution in [-0.2, 0) is 0 Å². The van der Waals surface area contributed by atoms with Crippen molar-refractivity contribution in [3.8, 4) is 6.07 Å². The molecular formula is C15H28N4.